The molecule has 4 rings (SSSR count). The Morgan fingerprint density at radius 1 is 0.857 bits per heavy atom. The summed E-state index contributed by atoms with van der Waals surface area (Å²) >= 11 is 0. The highest BCUT2D eigenvalue weighted by Gasteiger charge is 2.21. The summed E-state index contributed by atoms with van der Waals surface area (Å²) in [7, 11) is 4.81. The van der Waals surface area contributed by atoms with Crippen molar-refractivity contribution in [3.8, 4) is 11.5 Å². The van der Waals surface area contributed by atoms with Crippen LogP contribution in [0.2, 0.25) is 0 Å². The van der Waals surface area contributed by atoms with Crippen molar-refractivity contribution in [2.75, 3.05) is 47.6 Å². The molecule has 42 heavy (non-hydrogen) atoms. The van der Waals surface area contributed by atoms with E-state index in [0.29, 0.717) is 50.6 Å². The SMILES string of the molecule is COCCCN(CC(=O)N(CCc1c[nH]c2ccccc12)Cc1ccc(OC)c(OC)c1)C(=O)C=Cc1ccccc1. The predicted molar refractivity (Wildman–Crippen MR) is 166 cm³/mol. The second-order valence-corrected chi connectivity index (χ2v) is 9.96. The number of hydrogen-bond acceptors (Lipinski definition) is 5. The van der Waals surface area contributed by atoms with Crippen molar-refractivity contribution in [1.29, 1.82) is 0 Å². The highest BCUT2D eigenvalue weighted by atomic mass is 16.5. The van der Waals surface area contributed by atoms with Crippen molar-refractivity contribution in [2.45, 2.75) is 19.4 Å². The molecule has 1 N–H and O–H groups in total. The zero-order valence-corrected chi connectivity index (χ0v) is 24.5. The average Bonchev–Trinajstić information content (AvgIpc) is 3.44. The lowest BCUT2D eigenvalue weighted by atomic mass is 10.1. The largest absolute Gasteiger partial charge is 0.493 e. The summed E-state index contributed by atoms with van der Waals surface area (Å²) in [5.41, 5.74) is 4.02. The van der Waals surface area contributed by atoms with Crippen molar-refractivity contribution in [1.82, 2.24) is 14.8 Å². The van der Waals surface area contributed by atoms with E-state index in [0.717, 1.165) is 27.6 Å². The van der Waals surface area contributed by atoms with Gasteiger partial charge in [-0.1, -0.05) is 54.6 Å². The summed E-state index contributed by atoms with van der Waals surface area (Å²) in [6.07, 6.45) is 6.58. The first kappa shape index (κ1) is 30.4. The molecule has 4 aromatic rings. The predicted octanol–water partition coefficient (Wildman–Crippen LogP) is 5.33. The van der Waals surface area contributed by atoms with Crippen molar-refractivity contribution < 1.29 is 23.8 Å². The molecule has 220 valence electrons. The van der Waals surface area contributed by atoms with Crippen molar-refractivity contribution in [3.05, 3.63) is 102 Å². The Kier molecular flexibility index (Phi) is 11.2. The van der Waals surface area contributed by atoms with Gasteiger partial charge < -0.3 is 29.0 Å². The summed E-state index contributed by atoms with van der Waals surface area (Å²) in [5.74, 6) is 0.869. The van der Waals surface area contributed by atoms with Crippen LogP contribution >= 0.6 is 0 Å². The number of methoxy groups -OCH3 is 3. The fourth-order valence-electron chi connectivity index (χ4n) is 4.85. The third-order valence-corrected chi connectivity index (χ3v) is 7.13. The number of rotatable bonds is 15. The number of aromatic amines is 1. The average molecular weight is 570 g/mol. The molecule has 0 aliphatic carbocycles. The maximum Gasteiger partial charge on any atom is 0.247 e. The third kappa shape index (κ3) is 8.24. The Bertz CT molecular complexity index is 1480. The van der Waals surface area contributed by atoms with Gasteiger partial charge in [0.05, 0.1) is 14.2 Å². The van der Waals surface area contributed by atoms with Crippen molar-refractivity contribution in [2.24, 2.45) is 0 Å². The molecule has 0 atom stereocenters. The molecular weight excluding hydrogens is 530 g/mol. The molecule has 0 saturated carbocycles. The monoisotopic (exact) mass is 569 g/mol. The number of aromatic nitrogens is 1. The normalized spacial score (nSPS) is 11.1. The number of nitrogens with zero attached hydrogens (tertiary/aromatic N) is 2. The van der Waals surface area contributed by atoms with Gasteiger partial charge in [0.1, 0.15) is 6.54 Å². The second-order valence-electron chi connectivity index (χ2n) is 9.96. The number of para-hydroxylation sites is 1. The molecule has 0 fully saturated rings. The number of nitrogens with one attached hydrogen (secondary N) is 1. The number of carbonyl (C=O) groups excluding carboxylic acids is 2. The number of benzene rings is 3. The van der Waals surface area contributed by atoms with Crippen LogP contribution in [0, 0.1) is 0 Å². The van der Waals surface area contributed by atoms with Crippen molar-refractivity contribution >= 4 is 28.8 Å². The molecule has 0 unspecified atom stereocenters. The van der Waals surface area contributed by atoms with E-state index < -0.39 is 0 Å². The number of fused-ring (bicyclic) bond motifs is 1. The van der Waals surface area contributed by atoms with Gasteiger partial charge in [-0.15, -0.1) is 0 Å². The van der Waals surface area contributed by atoms with Gasteiger partial charge in [0.2, 0.25) is 11.8 Å². The molecule has 1 aromatic heterocycles. The van der Waals surface area contributed by atoms with Crippen LogP contribution in [0.5, 0.6) is 11.5 Å². The van der Waals surface area contributed by atoms with Crippen LogP contribution < -0.4 is 9.47 Å². The number of amides is 2. The fraction of sp³-hybridized carbons (Fsp3) is 0.294. The first-order valence-corrected chi connectivity index (χ1v) is 14.1. The highest BCUT2D eigenvalue weighted by Crippen LogP contribution is 2.28. The Morgan fingerprint density at radius 3 is 2.38 bits per heavy atom. The molecular formula is C34H39N3O5. The Morgan fingerprint density at radius 2 is 1.62 bits per heavy atom. The van der Waals surface area contributed by atoms with Gasteiger partial charge in [0.25, 0.3) is 0 Å². The number of carbonyl (C=O) groups is 2. The molecule has 0 spiro atoms. The van der Waals surface area contributed by atoms with E-state index in [1.54, 1.807) is 37.2 Å². The quantitative estimate of drug-likeness (QED) is 0.154. The Hall–Kier alpha value is -4.56. The van der Waals surface area contributed by atoms with Gasteiger partial charge in [0, 0.05) is 56.5 Å². The molecule has 3 aromatic carbocycles. The van der Waals surface area contributed by atoms with Crippen molar-refractivity contribution in [3.63, 3.8) is 0 Å². The molecule has 8 heteroatoms. The lowest BCUT2D eigenvalue weighted by Gasteiger charge is -2.27. The maximum absolute atomic E-state index is 13.9. The Balaban J connectivity index is 1.55. The lowest BCUT2D eigenvalue weighted by molar-refractivity contribution is -0.138. The van der Waals surface area contributed by atoms with E-state index >= 15 is 0 Å². The van der Waals surface area contributed by atoms with Crippen LogP contribution in [0.3, 0.4) is 0 Å². The van der Waals surface area contributed by atoms with Crippen LogP contribution in [-0.2, 0) is 27.3 Å². The van der Waals surface area contributed by atoms with Gasteiger partial charge in [0.15, 0.2) is 11.5 Å². The molecule has 2 amide bonds. The smallest absolute Gasteiger partial charge is 0.247 e. The van der Waals surface area contributed by atoms with E-state index in [4.69, 9.17) is 14.2 Å². The molecule has 0 radical (unpaired) electrons. The summed E-state index contributed by atoms with van der Waals surface area (Å²) in [5, 5.41) is 1.14. The van der Waals surface area contributed by atoms with E-state index in [2.05, 4.69) is 11.1 Å². The van der Waals surface area contributed by atoms with E-state index in [1.165, 1.54) is 6.08 Å². The van der Waals surface area contributed by atoms with Crippen LogP contribution in [0.4, 0.5) is 0 Å². The first-order chi connectivity index (χ1) is 20.5. The van der Waals surface area contributed by atoms with E-state index in [1.807, 2.05) is 72.9 Å². The molecule has 1 heterocycles. The first-order valence-electron chi connectivity index (χ1n) is 14.1. The third-order valence-electron chi connectivity index (χ3n) is 7.13. The summed E-state index contributed by atoms with van der Waals surface area (Å²) in [6, 6.07) is 23.4. The number of ether oxygens (including phenoxy) is 3. The fourth-order valence-corrected chi connectivity index (χ4v) is 4.85. The topological polar surface area (TPSA) is 84.1 Å². The van der Waals surface area contributed by atoms with Crippen LogP contribution in [0.25, 0.3) is 17.0 Å². The standard InChI is InChI=1S/C34H39N3O5/c1-40-21-9-19-36(33(38)17-15-26-10-5-4-6-11-26)25-34(39)37(24-27-14-16-31(41-2)32(22-27)42-3)20-18-28-23-35-30-13-8-7-12-29(28)30/h4-8,10-17,22-23,35H,9,18-21,24-25H2,1-3H3. The van der Waals surface area contributed by atoms with Gasteiger partial charge >= 0.3 is 0 Å². The highest BCUT2D eigenvalue weighted by molar-refractivity contribution is 5.94. The molecule has 0 bridgehead atoms. The zero-order valence-electron chi connectivity index (χ0n) is 24.5. The molecule has 0 saturated heterocycles. The van der Waals surface area contributed by atoms with E-state index in [9.17, 15) is 9.59 Å². The minimum absolute atomic E-state index is 0.0388. The molecule has 0 aliphatic rings. The number of hydrogen-bond donors (Lipinski definition) is 1. The summed E-state index contributed by atoms with van der Waals surface area (Å²) in [6.45, 7) is 1.71. The Labute approximate surface area is 247 Å². The second kappa shape index (κ2) is 15.4. The van der Waals surface area contributed by atoms with Gasteiger partial charge in [-0.3, -0.25) is 9.59 Å². The minimum atomic E-state index is -0.217. The van der Waals surface area contributed by atoms with Crippen LogP contribution in [-0.4, -0.2) is 74.2 Å². The van der Waals surface area contributed by atoms with E-state index in [-0.39, 0.29) is 18.4 Å². The van der Waals surface area contributed by atoms with Crippen LogP contribution in [0.1, 0.15) is 23.1 Å². The number of H-pyrrole nitrogens is 1. The lowest BCUT2D eigenvalue weighted by Crippen LogP contribution is -2.43. The summed E-state index contributed by atoms with van der Waals surface area (Å²) in [4.78, 5) is 33.9. The minimum Gasteiger partial charge on any atom is -0.493 e. The zero-order chi connectivity index (χ0) is 29.7. The van der Waals surface area contributed by atoms with Gasteiger partial charge in [-0.2, -0.15) is 0 Å². The van der Waals surface area contributed by atoms with Gasteiger partial charge in [-0.05, 0) is 53.8 Å². The molecule has 8 nitrogen and oxygen atoms in total. The van der Waals surface area contributed by atoms with Gasteiger partial charge in [-0.25, -0.2) is 0 Å². The summed E-state index contributed by atoms with van der Waals surface area (Å²) < 4.78 is 16.1. The van der Waals surface area contributed by atoms with Crippen LogP contribution in [0.15, 0.2) is 85.1 Å². The molecule has 0 aliphatic heterocycles. The maximum atomic E-state index is 13.9.